The number of carbonyl (C=O) groups excluding carboxylic acids is 1. The first-order chi connectivity index (χ1) is 13.7. The number of non-ortho nitro benzene ring substituents is 1. The van der Waals surface area contributed by atoms with E-state index in [0.717, 1.165) is 12.8 Å². The Balaban J connectivity index is 1.78. The number of esters is 1. The molecule has 1 fully saturated rings. The average molecular weight is 441 g/mol. The van der Waals surface area contributed by atoms with Crippen LogP contribution in [0.4, 0.5) is 5.69 Å². The zero-order chi connectivity index (χ0) is 21.0. The predicted octanol–water partition coefficient (Wildman–Crippen LogP) is 4.50. The summed E-state index contributed by atoms with van der Waals surface area (Å²) in [5.74, 6) is -0.335. The Labute approximate surface area is 171 Å². The van der Waals surface area contributed by atoms with Crippen LogP contribution >= 0.6 is 19.3 Å². The fourth-order valence-electron chi connectivity index (χ4n) is 2.22. The van der Waals surface area contributed by atoms with Gasteiger partial charge in [-0.25, -0.2) is 4.57 Å². The minimum atomic E-state index is -4.11. The molecule has 0 aliphatic heterocycles. The second-order valence-corrected chi connectivity index (χ2v) is 8.43. The van der Waals surface area contributed by atoms with E-state index >= 15 is 0 Å². The van der Waals surface area contributed by atoms with Crippen molar-refractivity contribution in [1.82, 2.24) is 5.09 Å². The van der Waals surface area contributed by atoms with E-state index in [1.165, 1.54) is 55.5 Å². The molecule has 0 heterocycles. The minimum absolute atomic E-state index is 0.0585. The van der Waals surface area contributed by atoms with Gasteiger partial charge < -0.3 is 13.8 Å². The zero-order valence-corrected chi connectivity index (χ0v) is 17.0. The summed E-state index contributed by atoms with van der Waals surface area (Å²) in [6, 6.07) is 10.0. The quantitative estimate of drug-likeness (QED) is 0.262. The summed E-state index contributed by atoms with van der Waals surface area (Å²) in [7, 11) is -4.11. The topological polar surface area (TPSA) is 117 Å². The molecule has 1 aliphatic rings. The molecule has 1 aliphatic carbocycles. The third-order valence-corrected chi connectivity index (χ3v) is 5.68. The highest BCUT2D eigenvalue weighted by molar-refractivity contribution is 7.52. The summed E-state index contributed by atoms with van der Waals surface area (Å²) in [6.07, 6.45) is 1.49. The van der Waals surface area contributed by atoms with Crippen molar-refractivity contribution in [1.29, 1.82) is 0 Å². The summed E-state index contributed by atoms with van der Waals surface area (Å²) in [5, 5.41) is 13.8. The lowest BCUT2D eigenvalue weighted by molar-refractivity contribution is -0.384. The van der Waals surface area contributed by atoms with E-state index in [-0.39, 0.29) is 23.3 Å². The number of hydrogen-bond acceptors (Lipinski definition) is 7. The number of nitro benzene ring substituents is 1. The van der Waals surface area contributed by atoms with Crippen molar-refractivity contribution in [3.8, 4) is 11.5 Å². The van der Waals surface area contributed by atoms with Gasteiger partial charge in [0, 0.05) is 17.2 Å². The fraction of sp³-hybridized carbons (Fsp3) is 0.278. The summed E-state index contributed by atoms with van der Waals surface area (Å²) in [6.45, 7) is 1.47. The van der Waals surface area contributed by atoms with Gasteiger partial charge in [0.25, 0.3) is 5.69 Å². The first-order valence-electron chi connectivity index (χ1n) is 8.72. The molecule has 29 heavy (non-hydrogen) atoms. The number of benzene rings is 2. The van der Waals surface area contributed by atoms with Crippen molar-refractivity contribution in [2.45, 2.75) is 31.9 Å². The van der Waals surface area contributed by atoms with Crippen LogP contribution in [0.2, 0.25) is 5.02 Å². The lowest BCUT2D eigenvalue weighted by Gasteiger charge is -2.23. The maximum absolute atomic E-state index is 13.3. The Morgan fingerprint density at radius 1 is 1.14 bits per heavy atom. The van der Waals surface area contributed by atoms with Crippen molar-refractivity contribution < 1.29 is 28.1 Å². The Morgan fingerprint density at radius 3 is 2.14 bits per heavy atom. The average Bonchev–Trinajstić information content (AvgIpc) is 3.48. The molecular weight excluding hydrogens is 423 g/mol. The standard InChI is InChI=1S/C18H18ClN2O7P/c1-12(18(22)26-15-10-11-15)20-29(25,27-16-6-2-13(19)3-7-16)28-17-8-4-14(5-9-17)21(23)24/h2-9,12,15H,10-11H2,1H3,(H,20,25)/t12-,29?/m0/s1. The predicted molar refractivity (Wildman–Crippen MR) is 105 cm³/mol. The third kappa shape index (κ3) is 6.19. The van der Waals surface area contributed by atoms with E-state index in [2.05, 4.69) is 5.09 Å². The van der Waals surface area contributed by atoms with Crippen LogP contribution in [0, 0.1) is 10.1 Å². The molecule has 2 aromatic rings. The van der Waals surface area contributed by atoms with Gasteiger partial charge in [-0.15, -0.1) is 0 Å². The molecule has 0 aromatic heterocycles. The van der Waals surface area contributed by atoms with Gasteiger partial charge >= 0.3 is 13.7 Å². The van der Waals surface area contributed by atoms with Crippen LogP contribution in [0.5, 0.6) is 11.5 Å². The number of nitro groups is 1. The minimum Gasteiger partial charge on any atom is -0.461 e. The normalized spacial score (nSPS) is 16.3. The van der Waals surface area contributed by atoms with Crippen LogP contribution in [0.3, 0.4) is 0 Å². The molecule has 1 N–H and O–H groups in total. The van der Waals surface area contributed by atoms with Crippen molar-refractivity contribution >= 4 is 31.0 Å². The van der Waals surface area contributed by atoms with E-state index < -0.39 is 24.7 Å². The fourth-order valence-corrected chi connectivity index (χ4v) is 3.86. The number of rotatable bonds is 9. The molecule has 2 aromatic carbocycles. The summed E-state index contributed by atoms with van der Waals surface area (Å²) in [5.41, 5.74) is -0.153. The van der Waals surface area contributed by atoms with Crippen molar-refractivity contribution in [2.75, 3.05) is 0 Å². The molecule has 0 radical (unpaired) electrons. The van der Waals surface area contributed by atoms with E-state index in [0.29, 0.717) is 5.02 Å². The van der Waals surface area contributed by atoms with Gasteiger partial charge in [0.2, 0.25) is 0 Å². The number of nitrogens with one attached hydrogen (secondary N) is 1. The summed E-state index contributed by atoms with van der Waals surface area (Å²) in [4.78, 5) is 22.4. The van der Waals surface area contributed by atoms with Gasteiger partial charge in [-0.05, 0) is 56.2 Å². The van der Waals surface area contributed by atoms with Crippen molar-refractivity contribution in [3.05, 3.63) is 63.7 Å². The monoisotopic (exact) mass is 440 g/mol. The molecule has 11 heteroatoms. The molecule has 0 saturated heterocycles. The smallest absolute Gasteiger partial charge is 0.461 e. The molecule has 1 saturated carbocycles. The van der Waals surface area contributed by atoms with Crippen molar-refractivity contribution in [2.24, 2.45) is 0 Å². The van der Waals surface area contributed by atoms with E-state index in [9.17, 15) is 19.5 Å². The lowest BCUT2D eigenvalue weighted by atomic mass is 10.3. The SMILES string of the molecule is C[C@H](NP(=O)(Oc1ccc(Cl)cc1)Oc1ccc([N+](=O)[O-])cc1)C(=O)OC1CC1. The Bertz CT molecular complexity index is 932. The first-order valence-corrected chi connectivity index (χ1v) is 10.6. The Hall–Kier alpha value is -2.61. The third-order valence-electron chi connectivity index (χ3n) is 3.82. The van der Waals surface area contributed by atoms with E-state index in [1.54, 1.807) is 0 Å². The van der Waals surface area contributed by atoms with Gasteiger partial charge in [0.15, 0.2) is 0 Å². The Morgan fingerprint density at radius 2 is 1.66 bits per heavy atom. The number of carbonyl (C=O) groups is 1. The van der Waals surface area contributed by atoms with Gasteiger partial charge in [0.05, 0.1) is 4.92 Å². The largest absolute Gasteiger partial charge is 0.513 e. The zero-order valence-electron chi connectivity index (χ0n) is 15.3. The van der Waals surface area contributed by atoms with Crippen LogP contribution in [-0.2, 0) is 14.1 Å². The molecule has 154 valence electrons. The summed E-state index contributed by atoms with van der Waals surface area (Å²) < 4.78 is 29.5. The number of hydrogen-bond donors (Lipinski definition) is 1. The highest BCUT2D eigenvalue weighted by Crippen LogP contribution is 2.45. The molecule has 1 unspecified atom stereocenters. The van der Waals surface area contributed by atoms with Gasteiger partial charge in [-0.2, -0.15) is 5.09 Å². The van der Waals surface area contributed by atoms with Crippen LogP contribution in [-0.4, -0.2) is 23.0 Å². The van der Waals surface area contributed by atoms with Crippen LogP contribution in [0.25, 0.3) is 0 Å². The highest BCUT2D eigenvalue weighted by atomic mass is 35.5. The van der Waals surface area contributed by atoms with E-state index in [1.807, 2.05) is 0 Å². The molecule has 0 bridgehead atoms. The van der Waals surface area contributed by atoms with E-state index in [4.69, 9.17) is 25.4 Å². The number of ether oxygens (including phenoxy) is 1. The maximum Gasteiger partial charge on any atom is 0.513 e. The maximum atomic E-state index is 13.3. The second kappa shape index (κ2) is 8.82. The highest BCUT2D eigenvalue weighted by Gasteiger charge is 2.36. The number of halogens is 1. The lowest BCUT2D eigenvalue weighted by Crippen LogP contribution is -2.36. The van der Waals surface area contributed by atoms with Crippen LogP contribution in [0.1, 0.15) is 19.8 Å². The summed E-state index contributed by atoms with van der Waals surface area (Å²) >= 11 is 5.85. The molecule has 0 spiro atoms. The molecule has 2 atom stereocenters. The number of nitrogens with zero attached hydrogens (tertiary/aromatic N) is 1. The second-order valence-electron chi connectivity index (χ2n) is 6.37. The van der Waals surface area contributed by atoms with Crippen LogP contribution < -0.4 is 14.1 Å². The molecule has 9 nitrogen and oxygen atoms in total. The van der Waals surface area contributed by atoms with Crippen LogP contribution in [0.15, 0.2) is 48.5 Å². The van der Waals surface area contributed by atoms with Gasteiger partial charge in [0.1, 0.15) is 23.6 Å². The first kappa shape index (κ1) is 21.1. The molecule has 3 rings (SSSR count). The van der Waals surface area contributed by atoms with Gasteiger partial charge in [-0.3, -0.25) is 14.9 Å². The Kier molecular flexibility index (Phi) is 6.42. The molecular formula is C18H18ClN2O7P. The van der Waals surface area contributed by atoms with Gasteiger partial charge in [-0.1, -0.05) is 11.6 Å². The van der Waals surface area contributed by atoms with Crippen molar-refractivity contribution in [3.63, 3.8) is 0 Å². The molecule has 0 amide bonds.